The SMILES string of the molecule is CCc1cc([N+](=O)[O-])c(OC)cc1N1CCC(N2CCCCC2)CC1. The van der Waals surface area contributed by atoms with Crippen molar-refractivity contribution in [3.8, 4) is 5.75 Å². The molecule has 2 fully saturated rings. The van der Waals surface area contributed by atoms with Crippen LogP contribution in [0.15, 0.2) is 12.1 Å². The van der Waals surface area contributed by atoms with Gasteiger partial charge in [-0.15, -0.1) is 0 Å². The van der Waals surface area contributed by atoms with Gasteiger partial charge in [-0.05, 0) is 50.8 Å². The van der Waals surface area contributed by atoms with Gasteiger partial charge in [0.05, 0.1) is 12.0 Å². The molecule has 0 saturated carbocycles. The van der Waals surface area contributed by atoms with Crippen molar-refractivity contribution >= 4 is 11.4 Å². The lowest BCUT2D eigenvalue weighted by atomic mass is 9.98. The quantitative estimate of drug-likeness (QED) is 0.601. The number of anilines is 1. The van der Waals surface area contributed by atoms with Crippen molar-refractivity contribution < 1.29 is 9.66 Å². The Morgan fingerprint density at radius 3 is 2.40 bits per heavy atom. The van der Waals surface area contributed by atoms with Gasteiger partial charge in [-0.25, -0.2) is 0 Å². The summed E-state index contributed by atoms with van der Waals surface area (Å²) in [5, 5.41) is 11.3. The van der Waals surface area contributed by atoms with E-state index in [2.05, 4.69) is 16.7 Å². The van der Waals surface area contributed by atoms with Crippen molar-refractivity contribution in [2.75, 3.05) is 38.2 Å². The fourth-order valence-corrected chi connectivity index (χ4v) is 4.24. The van der Waals surface area contributed by atoms with Gasteiger partial charge in [0, 0.05) is 37.0 Å². The Kier molecular flexibility index (Phi) is 5.78. The summed E-state index contributed by atoms with van der Waals surface area (Å²) in [5.74, 6) is 0.357. The van der Waals surface area contributed by atoms with E-state index in [-0.39, 0.29) is 10.6 Å². The van der Waals surface area contributed by atoms with Gasteiger partial charge in [0.25, 0.3) is 0 Å². The molecule has 2 aliphatic heterocycles. The van der Waals surface area contributed by atoms with Crippen molar-refractivity contribution in [3.63, 3.8) is 0 Å². The summed E-state index contributed by atoms with van der Waals surface area (Å²) >= 11 is 0. The number of nitro groups is 1. The molecule has 0 radical (unpaired) electrons. The van der Waals surface area contributed by atoms with Crippen LogP contribution in [0.2, 0.25) is 0 Å². The van der Waals surface area contributed by atoms with Crippen LogP contribution in [-0.4, -0.2) is 49.2 Å². The molecule has 2 aliphatic rings. The van der Waals surface area contributed by atoms with Gasteiger partial charge in [-0.2, -0.15) is 0 Å². The predicted molar refractivity (Wildman–Crippen MR) is 99.7 cm³/mol. The van der Waals surface area contributed by atoms with Crippen LogP contribution in [0, 0.1) is 10.1 Å². The fourth-order valence-electron chi connectivity index (χ4n) is 4.24. The highest BCUT2D eigenvalue weighted by Gasteiger charge is 2.28. The Labute approximate surface area is 149 Å². The molecule has 0 aromatic heterocycles. The number of methoxy groups -OCH3 is 1. The van der Waals surface area contributed by atoms with Crippen LogP contribution in [0.25, 0.3) is 0 Å². The highest BCUT2D eigenvalue weighted by atomic mass is 16.6. The number of ether oxygens (including phenoxy) is 1. The molecule has 6 nitrogen and oxygen atoms in total. The maximum atomic E-state index is 11.3. The standard InChI is InChI=1S/C19H29N3O3/c1-3-15-13-18(22(23)24)19(25-2)14-17(15)21-11-7-16(8-12-21)20-9-5-4-6-10-20/h13-14,16H,3-12H2,1-2H3. The lowest BCUT2D eigenvalue weighted by Gasteiger charge is -2.41. The van der Waals surface area contributed by atoms with E-state index in [4.69, 9.17) is 4.74 Å². The molecule has 0 aliphatic carbocycles. The minimum atomic E-state index is -0.357. The minimum absolute atomic E-state index is 0.0614. The second-order valence-electron chi connectivity index (χ2n) is 7.08. The molecule has 2 heterocycles. The summed E-state index contributed by atoms with van der Waals surface area (Å²) in [4.78, 5) is 15.9. The first kappa shape index (κ1) is 18.0. The van der Waals surface area contributed by atoms with Crippen LogP contribution >= 0.6 is 0 Å². The molecular weight excluding hydrogens is 318 g/mol. The van der Waals surface area contributed by atoms with E-state index in [0.717, 1.165) is 30.8 Å². The molecule has 0 unspecified atom stereocenters. The molecular formula is C19H29N3O3. The maximum absolute atomic E-state index is 11.3. The molecule has 0 amide bonds. The smallest absolute Gasteiger partial charge is 0.311 e. The monoisotopic (exact) mass is 347 g/mol. The minimum Gasteiger partial charge on any atom is -0.490 e. The lowest BCUT2D eigenvalue weighted by Crippen LogP contribution is -2.46. The molecule has 3 rings (SSSR count). The first-order valence-corrected chi connectivity index (χ1v) is 9.48. The largest absolute Gasteiger partial charge is 0.490 e. The summed E-state index contributed by atoms with van der Waals surface area (Å²) in [6.45, 7) is 6.56. The molecule has 138 valence electrons. The average molecular weight is 347 g/mol. The van der Waals surface area contributed by atoms with E-state index in [0.29, 0.717) is 11.8 Å². The van der Waals surface area contributed by atoms with Gasteiger partial charge in [-0.1, -0.05) is 13.3 Å². The van der Waals surface area contributed by atoms with E-state index in [1.807, 2.05) is 6.07 Å². The number of rotatable bonds is 5. The van der Waals surface area contributed by atoms with Gasteiger partial charge in [0.15, 0.2) is 5.75 Å². The van der Waals surface area contributed by atoms with Crippen LogP contribution in [0.4, 0.5) is 11.4 Å². The Hall–Kier alpha value is -1.82. The van der Waals surface area contributed by atoms with Crippen molar-refractivity contribution in [1.29, 1.82) is 0 Å². The molecule has 25 heavy (non-hydrogen) atoms. The van der Waals surface area contributed by atoms with E-state index in [1.54, 1.807) is 6.07 Å². The second-order valence-corrected chi connectivity index (χ2v) is 7.08. The number of aryl methyl sites for hydroxylation is 1. The third-order valence-electron chi connectivity index (χ3n) is 5.67. The van der Waals surface area contributed by atoms with E-state index in [9.17, 15) is 10.1 Å². The second kappa shape index (κ2) is 8.04. The molecule has 1 aromatic carbocycles. The summed E-state index contributed by atoms with van der Waals surface area (Å²) in [7, 11) is 1.50. The molecule has 0 spiro atoms. The Morgan fingerprint density at radius 1 is 1.16 bits per heavy atom. The van der Waals surface area contributed by atoms with Crippen LogP contribution in [0.3, 0.4) is 0 Å². The van der Waals surface area contributed by atoms with Crippen molar-refractivity contribution in [1.82, 2.24) is 4.90 Å². The topological polar surface area (TPSA) is 58.9 Å². The molecule has 0 bridgehead atoms. The van der Waals surface area contributed by atoms with Gasteiger partial charge in [0.1, 0.15) is 0 Å². The summed E-state index contributed by atoms with van der Waals surface area (Å²) < 4.78 is 5.28. The number of likely N-dealkylation sites (tertiary alicyclic amines) is 1. The van der Waals surface area contributed by atoms with Crippen molar-refractivity contribution in [2.45, 2.75) is 51.5 Å². The number of piperidine rings is 2. The van der Waals surface area contributed by atoms with Crippen LogP contribution < -0.4 is 9.64 Å². The fraction of sp³-hybridized carbons (Fsp3) is 0.684. The number of nitrogens with zero attached hydrogens (tertiary/aromatic N) is 3. The molecule has 0 atom stereocenters. The van der Waals surface area contributed by atoms with Gasteiger partial charge >= 0.3 is 5.69 Å². The Balaban J connectivity index is 1.74. The maximum Gasteiger partial charge on any atom is 0.311 e. The first-order valence-electron chi connectivity index (χ1n) is 9.48. The van der Waals surface area contributed by atoms with Gasteiger partial charge in [0.2, 0.25) is 0 Å². The van der Waals surface area contributed by atoms with E-state index in [1.165, 1.54) is 52.3 Å². The number of nitro benzene ring substituents is 1. The zero-order valence-electron chi connectivity index (χ0n) is 15.4. The van der Waals surface area contributed by atoms with Crippen LogP contribution in [0.1, 0.15) is 44.6 Å². The number of hydrogen-bond donors (Lipinski definition) is 0. The normalized spacial score (nSPS) is 19.8. The number of hydrogen-bond acceptors (Lipinski definition) is 5. The van der Waals surface area contributed by atoms with Crippen molar-refractivity contribution in [2.24, 2.45) is 0 Å². The molecule has 6 heteroatoms. The zero-order valence-corrected chi connectivity index (χ0v) is 15.4. The predicted octanol–water partition coefficient (Wildman–Crippen LogP) is 3.62. The van der Waals surface area contributed by atoms with Crippen molar-refractivity contribution in [3.05, 3.63) is 27.8 Å². The van der Waals surface area contributed by atoms with Crippen LogP contribution in [0.5, 0.6) is 5.75 Å². The summed E-state index contributed by atoms with van der Waals surface area (Å²) in [6.07, 6.45) is 7.16. The third kappa shape index (κ3) is 3.89. The highest BCUT2D eigenvalue weighted by molar-refractivity contribution is 5.64. The zero-order chi connectivity index (χ0) is 17.8. The van der Waals surface area contributed by atoms with Gasteiger partial charge in [-0.3, -0.25) is 10.1 Å². The first-order chi connectivity index (χ1) is 12.1. The average Bonchev–Trinajstić information content (AvgIpc) is 2.67. The summed E-state index contributed by atoms with van der Waals surface area (Å²) in [5.41, 5.74) is 2.19. The molecule has 1 aromatic rings. The third-order valence-corrected chi connectivity index (χ3v) is 5.67. The molecule has 2 saturated heterocycles. The number of benzene rings is 1. The lowest BCUT2D eigenvalue weighted by molar-refractivity contribution is -0.385. The Bertz CT molecular complexity index is 606. The highest BCUT2D eigenvalue weighted by Crippen LogP contribution is 2.36. The molecule has 0 N–H and O–H groups in total. The van der Waals surface area contributed by atoms with Gasteiger partial charge < -0.3 is 14.5 Å². The van der Waals surface area contributed by atoms with E-state index < -0.39 is 0 Å². The van der Waals surface area contributed by atoms with Crippen LogP contribution in [-0.2, 0) is 6.42 Å². The summed E-state index contributed by atoms with van der Waals surface area (Å²) in [6, 6.07) is 4.24. The Morgan fingerprint density at radius 2 is 1.84 bits per heavy atom. The van der Waals surface area contributed by atoms with E-state index >= 15 is 0 Å².